The van der Waals surface area contributed by atoms with Crippen molar-refractivity contribution in [2.24, 2.45) is 0 Å². The molecule has 0 saturated heterocycles. The molecule has 0 spiro atoms. The first-order chi connectivity index (χ1) is 12.5. The summed E-state index contributed by atoms with van der Waals surface area (Å²) >= 11 is 0. The number of hydrogen-bond acceptors (Lipinski definition) is 2. The number of halogens is 1. The fraction of sp³-hybridized carbons (Fsp3) is 0.333. The zero-order chi connectivity index (χ0) is 18.9. The first-order valence-corrected chi connectivity index (χ1v) is 8.87. The number of nitrogens with one attached hydrogen (secondary N) is 1. The Morgan fingerprint density at radius 2 is 1.73 bits per heavy atom. The van der Waals surface area contributed by atoms with Crippen molar-refractivity contribution in [2.45, 2.75) is 33.1 Å². The maximum absolute atomic E-state index is 13.7. The van der Waals surface area contributed by atoms with Crippen LogP contribution in [0.25, 0.3) is 0 Å². The maximum Gasteiger partial charge on any atom is 0.226 e. The molecule has 0 aliphatic rings. The van der Waals surface area contributed by atoms with Crippen molar-refractivity contribution in [1.29, 1.82) is 0 Å². The molecule has 0 atom stereocenters. The van der Waals surface area contributed by atoms with Crippen LogP contribution >= 0.6 is 0 Å². The molecule has 1 N–H and O–H groups in total. The van der Waals surface area contributed by atoms with Gasteiger partial charge in [-0.3, -0.25) is 9.59 Å². The highest BCUT2D eigenvalue weighted by atomic mass is 19.1. The average Bonchev–Trinajstić information content (AvgIpc) is 2.63. The molecule has 0 unspecified atom stereocenters. The van der Waals surface area contributed by atoms with E-state index in [1.54, 1.807) is 23.1 Å². The Labute approximate surface area is 154 Å². The third kappa shape index (κ3) is 5.99. The average molecular weight is 356 g/mol. The Hall–Kier alpha value is -2.69. The van der Waals surface area contributed by atoms with Gasteiger partial charge in [-0.2, -0.15) is 0 Å². The van der Waals surface area contributed by atoms with Gasteiger partial charge in [-0.25, -0.2) is 4.39 Å². The van der Waals surface area contributed by atoms with E-state index in [0.29, 0.717) is 25.1 Å². The Morgan fingerprint density at radius 1 is 1.04 bits per heavy atom. The lowest BCUT2D eigenvalue weighted by Gasteiger charge is -2.21. The summed E-state index contributed by atoms with van der Waals surface area (Å²) in [6.45, 7) is 4.23. The molecule has 26 heavy (non-hydrogen) atoms. The van der Waals surface area contributed by atoms with Gasteiger partial charge in [0.15, 0.2) is 0 Å². The van der Waals surface area contributed by atoms with Crippen LogP contribution in [0.2, 0.25) is 0 Å². The van der Waals surface area contributed by atoms with E-state index in [1.165, 1.54) is 18.6 Å². The summed E-state index contributed by atoms with van der Waals surface area (Å²) in [4.78, 5) is 25.5. The summed E-state index contributed by atoms with van der Waals surface area (Å²) in [6.07, 6.45) is 1.57. The van der Waals surface area contributed by atoms with E-state index in [1.807, 2.05) is 24.3 Å². The number of benzene rings is 2. The van der Waals surface area contributed by atoms with Crippen molar-refractivity contribution >= 4 is 17.5 Å². The largest absolute Gasteiger partial charge is 0.342 e. The van der Waals surface area contributed by atoms with E-state index < -0.39 is 0 Å². The first kappa shape index (κ1) is 19.6. The normalized spacial score (nSPS) is 10.4. The number of hydrogen-bond donors (Lipinski definition) is 1. The SMILES string of the molecule is CCc1ccc(NC(=O)CCN(CCc2ccccc2F)C(C)=O)cc1. The van der Waals surface area contributed by atoms with Crippen LogP contribution in [-0.4, -0.2) is 29.8 Å². The maximum atomic E-state index is 13.7. The lowest BCUT2D eigenvalue weighted by Crippen LogP contribution is -2.33. The molecule has 138 valence electrons. The van der Waals surface area contributed by atoms with Gasteiger partial charge in [0.2, 0.25) is 11.8 Å². The third-order valence-electron chi connectivity index (χ3n) is 4.31. The molecule has 0 radical (unpaired) electrons. The summed E-state index contributed by atoms with van der Waals surface area (Å²) in [5, 5.41) is 2.83. The van der Waals surface area contributed by atoms with Gasteiger partial charge < -0.3 is 10.2 Å². The molecule has 0 saturated carbocycles. The summed E-state index contributed by atoms with van der Waals surface area (Å²) < 4.78 is 13.7. The number of nitrogens with zero attached hydrogens (tertiary/aromatic N) is 1. The Bertz CT molecular complexity index is 744. The van der Waals surface area contributed by atoms with Crippen molar-refractivity contribution in [3.8, 4) is 0 Å². The van der Waals surface area contributed by atoms with Crippen LogP contribution in [0.3, 0.4) is 0 Å². The fourth-order valence-corrected chi connectivity index (χ4v) is 2.67. The predicted molar refractivity (Wildman–Crippen MR) is 101 cm³/mol. The minimum atomic E-state index is -0.274. The molecule has 5 heteroatoms. The number of anilines is 1. The zero-order valence-electron chi connectivity index (χ0n) is 15.3. The van der Waals surface area contributed by atoms with E-state index in [2.05, 4.69) is 12.2 Å². The Balaban J connectivity index is 1.84. The summed E-state index contributed by atoms with van der Waals surface area (Å²) in [7, 11) is 0. The van der Waals surface area contributed by atoms with Gasteiger partial charge in [0, 0.05) is 32.1 Å². The molecule has 0 aromatic heterocycles. The highest BCUT2D eigenvalue weighted by molar-refractivity contribution is 5.91. The summed E-state index contributed by atoms with van der Waals surface area (Å²) in [6, 6.07) is 14.2. The van der Waals surface area contributed by atoms with Gasteiger partial charge in [-0.05, 0) is 42.2 Å². The molecule has 2 aromatic rings. The van der Waals surface area contributed by atoms with E-state index in [4.69, 9.17) is 0 Å². The van der Waals surface area contributed by atoms with Gasteiger partial charge in [-0.15, -0.1) is 0 Å². The zero-order valence-corrected chi connectivity index (χ0v) is 15.3. The lowest BCUT2D eigenvalue weighted by atomic mass is 10.1. The second-order valence-corrected chi connectivity index (χ2v) is 6.20. The number of carbonyl (C=O) groups excluding carboxylic acids is 2. The summed E-state index contributed by atoms with van der Waals surface area (Å²) in [5.41, 5.74) is 2.52. The van der Waals surface area contributed by atoms with E-state index in [-0.39, 0.29) is 24.1 Å². The van der Waals surface area contributed by atoms with Crippen molar-refractivity contribution in [1.82, 2.24) is 4.90 Å². The standard InChI is InChI=1S/C21H25FN2O2/c1-3-17-8-10-19(11-9-17)23-21(26)13-15-24(16(2)25)14-12-18-6-4-5-7-20(18)22/h4-11H,3,12-15H2,1-2H3,(H,23,26). The van der Waals surface area contributed by atoms with Crippen molar-refractivity contribution in [2.75, 3.05) is 18.4 Å². The number of aryl methyl sites for hydroxylation is 1. The van der Waals surface area contributed by atoms with Gasteiger partial charge in [-0.1, -0.05) is 37.3 Å². The Morgan fingerprint density at radius 3 is 2.35 bits per heavy atom. The molecule has 0 aliphatic heterocycles. The molecule has 4 nitrogen and oxygen atoms in total. The molecule has 2 rings (SSSR count). The van der Waals surface area contributed by atoms with Gasteiger partial charge in [0.1, 0.15) is 5.82 Å². The number of amides is 2. The summed E-state index contributed by atoms with van der Waals surface area (Å²) in [5.74, 6) is -0.544. The quantitative estimate of drug-likeness (QED) is 0.782. The molecule has 0 bridgehead atoms. The second kappa shape index (κ2) is 9.70. The van der Waals surface area contributed by atoms with Crippen LogP contribution in [-0.2, 0) is 22.4 Å². The smallest absolute Gasteiger partial charge is 0.226 e. The first-order valence-electron chi connectivity index (χ1n) is 8.87. The molecule has 0 heterocycles. The van der Waals surface area contributed by atoms with Crippen LogP contribution < -0.4 is 5.32 Å². The molecular formula is C21H25FN2O2. The van der Waals surface area contributed by atoms with Crippen LogP contribution in [0.15, 0.2) is 48.5 Å². The third-order valence-corrected chi connectivity index (χ3v) is 4.31. The Kier molecular flexibility index (Phi) is 7.33. The molecule has 2 aromatic carbocycles. The van der Waals surface area contributed by atoms with Crippen LogP contribution in [0, 0.1) is 5.82 Å². The fourth-order valence-electron chi connectivity index (χ4n) is 2.67. The predicted octanol–water partition coefficient (Wildman–Crippen LogP) is 3.81. The number of rotatable bonds is 8. The molecule has 0 aliphatic carbocycles. The molecule has 0 fully saturated rings. The van der Waals surface area contributed by atoms with E-state index in [9.17, 15) is 14.0 Å². The van der Waals surface area contributed by atoms with Gasteiger partial charge in [0.05, 0.1) is 0 Å². The van der Waals surface area contributed by atoms with Crippen molar-refractivity contribution in [3.05, 3.63) is 65.5 Å². The van der Waals surface area contributed by atoms with Crippen molar-refractivity contribution in [3.63, 3.8) is 0 Å². The second-order valence-electron chi connectivity index (χ2n) is 6.20. The molecular weight excluding hydrogens is 331 g/mol. The topological polar surface area (TPSA) is 49.4 Å². The van der Waals surface area contributed by atoms with E-state index >= 15 is 0 Å². The lowest BCUT2D eigenvalue weighted by molar-refractivity contribution is -0.129. The minimum absolute atomic E-state index is 0.124. The number of carbonyl (C=O) groups is 2. The van der Waals surface area contributed by atoms with Crippen LogP contribution in [0.1, 0.15) is 31.4 Å². The van der Waals surface area contributed by atoms with Gasteiger partial charge in [0.25, 0.3) is 0 Å². The van der Waals surface area contributed by atoms with Gasteiger partial charge >= 0.3 is 0 Å². The van der Waals surface area contributed by atoms with E-state index in [0.717, 1.165) is 12.1 Å². The highest BCUT2D eigenvalue weighted by Gasteiger charge is 2.12. The molecule has 2 amide bonds. The van der Waals surface area contributed by atoms with Crippen LogP contribution in [0.5, 0.6) is 0 Å². The highest BCUT2D eigenvalue weighted by Crippen LogP contribution is 2.11. The van der Waals surface area contributed by atoms with Crippen LogP contribution in [0.4, 0.5) is 10.1 Å². The van der Waals surface area contributed by atoms with Crippen molar-refractivity contribution < 1.29 is 14.0 Å². The minimum Gasteiger partial charge on any atom is -0.342 e. The monoisotopic (exact) mass is 356 g/mol.